The Hall–Kier alpha value is -1.88. The number of ether oxygens (including phenoxy) is 1. The van der Waals surface area contributed by atoms with Crippen molar-refractivity contribution in [1.82, 2.24) is 5.32 Å². The van der Waals surface area contributed by atoms with Gasteiger partial charge in [0.05, 0.1) is 12.0 Å². The molecule has 1 unspecified atom stereocenters. The van der Waals surface area contributed by atoms with Crippen LogP contribution in [0.3, 0.4) is 0 Å². The van der Waals surface area contributed by atoms with E-state index < -0.39 is 0 Å². The Bertz CT molecular complexity index is 595. The molecular formula is C16H20N2O3. The molecule has 1 aromatic rings. The van der Waals surface area contributed by atoms with E-state index in [9.17, 15) is 9.59 Å². The van der Waals surface area contributed by atoms with Crippen LogP contribution < -0.4 is 10.6 Å². The van der Waals surface area contributed by atoms with E-state index in [-0.39, 0.29) is 23.5 Å². The highest BCUT2D eigenvalue weighted by molar-refractivity contribution is 6.02. The van der Waals surface area contributed by atoms with Crippen molar-refractivity contribution in [2.45, 2.75) is 44.8 Å². The summed E-state index contributed by atoms with van der Waals surface area (Å²) in [5, 5.41) is 5.83. The molecule has 0 radical (unpaired) electrons. The Morgan fingerprint density at radius 1 is 1.43 bits per heavy atom. The summed E-state index contributed by atoms with van der Waals surface area (Å²) in [4.78, 5) is 23.7. The van der Waals surface area contributed by atoms with Crippen molar-refractivity contribution in [3.05, 3.63) is 29.3 Å². The molecule has 2 aliphatic rings. The Morgan fingerprint density at radius 2 is 2.24 bits per heavy atom. The lowest BCUT2D eigenvalue weighted by Crippen LogP contribution is -2.45. The van der Waals surface area contributed by atoms with Gasteiger partial charge in [0.25, 0.3) is 5.91 Å². The predicted molar refractivity (Wildman–Crippen MR) is 79.3 cm³/mol. The number of carbonyl (C=O) groups excluding carboxylic acids is 2. The van der Waals surface area contributed by atoms with Gasteiger partial charge in [0, 0.05) is 23.9 Å². The molecule has 2 aliphatic heterocycles. The predicted octanol–water partition coefficient (Wildman–Crippen LogP) is 1.87. The van der Waals surface area contributed by atoms with Gasteiger partial charge in [0.2, 0.25) is 5.91 Å². The van der Waals surface area contributed by atoms with Crippen molar-refractivity contribution in [2.75, 3.05) is 11.9 Å². The second kappa shape index (κ2) is 5.15. The Morgan fingerprint density at radius 3 is 3.00 bits per heavy atom. The normalized spacial score (nSPS) is 23.3. The average molecular weight is 288 g/mol. The summed E-state index contributed by atoms with van der Waals surface area (Å²) < 4.78 is 5.66. The van der Waals surface area contributed by atoms with Crippen LogP contribution in [0.4, 0.5) is 5.69 Å². The summed E-state index contributed by atoms with van der Waals surface area (Å²) in [5.74, 6) is -0.115. The monoisotopic (exact) mass is 288 g/mol. The molecule has 5 nitrogen and oxygen atoms in total. The van der Waals surface area contributed by atoms with Crippen LogP contribution in [0.1, 0.15) is 42.6 Å². The van der Waals surface area contributed by atoms with Gasteiger partial charge in [-0.25, -0.2) is 0 Å². The van der Waals surface area contributed by atoms with E-state index >= 15 is 0 Å². The van der Waals surface area contributed by atoms with Gasteiger partial charge >= 0.3 is 0 Å². The summed E-state index contributed by atoms with van der Waals surface area (Å²) in [6.45, 7) is 4.74. The molecule has 21 heavy (non-hydrogen) atoms. The van der Waals surface area contributed by atoms with E-state index in [1.54, 1.807) is 12.1 Å². The van der Waals surface area contributed by atoms with E-state index in [2.05, 4.69) is 10.6 Å². The van der Waals surface area contributed by atoms with E-state index in [1.807, 2.05) is 19.9 Å². The molecule has 1 saturated heterocycles. The zero-order valence-electron chi connectivity index (χ0n) is 12.4. The Kier molecular flexibility index (Phi) is 3.45. The molecule has 112 valence electrons. The van der Waals surface area contributed by atoms with Crippen LogP contribution in [0.5, 0.6) is 0 Å². The van der Waals surface area contributed by atoms with Crippen LogP contribution in [0.2, 0.25) is 0 Å². The maximum Gasteiger partial charge on any atom is 0.251 e. The number of hydrogen-bond acceptors (Lipinski definition) is 3. The van der Waals surface area contributed by atoms with Crippen molar-refractivity contribution >= 4 is 17.5 Å². The summed E-state index contributed by atoms with van der Waals surface area (Å²) in [6.07, 6.45) is 2.03. The minimum Gasteiger partial charge on any atom is -0.375 e. The third kappa shape index (κ3) is 3.08. The Labute approximate surface area is 124 Å². The fraction of sp³-hybridized carbons (Fsp3) is 0.500. The molecule has 0 aromatic heterocycles. The van der Waals surface area contributed by atoms with Gasteiger partial charge in [0.15, 0.2) is 0 Å². The first-order valence-corrected chi connectivity index (χ1v) is 7.30. The smallest absolute Gasteiger partial charge is 0.251 e. The molecule has 1 atom stereocenters. The van der Waals surface area contributed by atoms with Crippen LogP contribution in [0.25, 0.3) is 0 Å². The third-order valence-corrected chi connectivity index (χ3v) is 4.03. The number of amides is 2. The zero-order valence-corrected chi connectivity index (χ0v) is 12.4. The molecule has 0 bridgehead atoms. The van der Waals surface area contributed by atoms with E-state index in [0.29, 0.717) is 18.6 Å². The first-order valence-electron chi connectivity index (χ1n) is 7.30. The summed E-state index contributed by atoms with van der Waals surface area (Å²) in [7, 11) is 0. The first-order chi connectivity index (χ1) is 9.93. The molecular weight excluding hydrogens is 268 g/mol. The standard InChI is InChI=1S/C16H20N2O3/c1-16(2)9-12(5-6-21-16)17-15(20)11-4-3-10-8-14(19)18-13(10)7-11/h3-4,7,12H,5-6,8-9H2,1-2H3,(H,17,20)(H,18,19). The molecule has 2 amide bonds. The lowest BCUT2D eigenvalue weighted by Gasteiger charge is -2.35. The average Bonchev–Trinajstić information content (AvgIpc) is 2.76. The van der Waals surface area contributed by atoms with Crippen molar-refractivity contribution < 1.29 is 14.3 Å². The van der Waals surface area contributed by atoms with Crippen molar-refractivity contribution in [1.29, 1.82) is 0 Å². The van der Waals surface area contributed by atoms with Crippen LogP contribution in [0.15, 0.2) is 18.2 Å². The molecule has 0 saturated carbocycles. The minimum absolute atomic E-state index is 0.0197. The van der Waals surface area contributed by atoms with E-state index in [4.69, 9.17) is 4.74 Å². The Balaban J connectivity index is 1.69. The number of carbonyl (C=O) groups is 2. The SMILES string of the molecule is CC1(C)CC(NC(=O)c2ccc3c(c2)NC(=O)C3)CCO1. The number of nitrogens with one attached hydrogen (secondary N) is 2. The third-order valence-electron chi connectivity index (χ3n) is 4.03. The molecule has 1 fully saturated rings. The van der Waals surface area contributed by atoms with Crippen molar-refractivity contribution in [3.63, 3.8) is 0 Å². The van der Waals surface area contributed by atoms with Gasteiger partial charge in [-0.15, -0.1) is 0 Å². The van der Waals surface area contributed by atoms with Gasteiger partial charge in [0.1, 0.15) is 0 Å². The number of rotatable bonds is 2. The largest absolute Gasteiger partial charge is 0.375 e. The molecule has 5 heteroatoms. The second-order valence-corrected chi connectivity index (χ2v) is 6.37. The molecule has 3 rings (SSSR count). The molecule has 2 heterocycles. The van der Waals surface area contributed by atoms with Crippen LogP contribution in [-0.4, -0.2) is 30.1 Å². The molecule has 2 N–H and O–H groups in total. The topological polar surface area (TPSA) is 67.4 Å². The highest BCUT2D eigenvalue weighted by Crippen LogP contribution is 2.26. The van der Waals surface area contributed by atoms with Crippen LogP contribution in [0, 0.1) is 0 Å². The van der Waals surface area contributed by atoms with Gasteiger partial charge < -0.3 is 15.4 Å². The molecule has 1 aromatic carbocycles. The van der Waals surface area contributed by atoms with Crippen LogP contribution in [-0.2, 0) is 16.0 Å². The highest BCUT2D eigenvalue weighted by Gasteiger charge is 2.30. The number of anilines is 1. The van der Waals surface area contributed by atoms with Gasteiger partial charge in [-0.1, -0.05) is 6.07 Å². The maximum atomic E-state index is 12.3. The maximum absolute atomic E-state index is 12.3. The van der Waals surface area contributed by atoms with Crippen molar-refractivity contribution in [3.8, 4) is 0 Å². The minimum atomic E-state index is -0.192. The zero-order chi connectivity index (χ0) is 15.0. The lowest BCUT2D eigenvalue weighted by molar-refractivity contribution is -0.115. The number of fused-ring (bicyclic) bond motifs is 1. The fourth-order valence-electron chi connectivity index (χ4n) is 2.98. The molecule has 0 aliphatic carbocycles. The highest BCUT2D eigenvalue weighted by atomic mass is 16.5. The number of hydrogen-bond donors (Lipinski definition) is 2. The second-order valence-electron chi connectivity index (χ2n) is 6.37. The molecule has 0 spiro atoms. The van der Waals surface area contributed by atoms with Gasteiger partial charge in [-0.2, -0.15) is 0 Å². The van der Waals surface area contributed by atoms with Crippen LogP contribution >= 0.6 is 0 Å². The van der Waals surface area contributed by atoms with Crippen molar-refractivity contribution in [2.24, 2.45) is 0 Å². The van der Waals surface area contributed by atoms with E-state index in [1.165, 1.54) is 0 Å². The summed E-state index contributed by atoms with van der Waals surface area (Å²) in [5.41, 5.74) is 2.09. The van der Waals surface area contributed by atoms with Gasteiger partial charge in [-0.3, -0.25) is 9.59 Å². The van der Waals surface area contributed by atoms with E-state index in [0.717, 1.165) is 24.1 Å². The van der Waals surface area contributed by atoms with Gasteiger partial charge in [-0.05, 0) is 44.4 Å². The lowest BCUT2D eigenvalue weighted by atomic mass is 9.93. The summed E-state index contributed by atoms with van der Waals surface area (Å²) >= 11 is 0. The fourth-order valence-corrected chi connectivity index (χ4v) is 2.98. The first kappa shape index (κ1) is 14.1. The number of benzene rings is 1. The summed E-state index contributed by atoms with van der Waals surface area (Å²) in [6, 6.07) is 5.50. The quantitative estimate of drug-likeness (QED) is 0.873.